The number of nitrogens with one attached hydrogen (secondary N) is 1. The van der Waals surface area contributed by atoms with Gasteiger partial charge in [-0.3, -0.25) is 9.59 Å². The molecule has 0 unspecified atom stereocenters. The second-order valence-corrected chi connectivity index (χ2v) is 6.26. The minimum Gasteiger partial charge on any atom is -0.486 e. The van der Waals surface area contributed by atoms with Crippen molar-refractivity contribution < 1.29 is 32.2 Å². The first-order valence-corrected chi connectivity index (χ1v) is 8.73. The monoisotopic (exact) mass is 393 g/mol. The number of amides is 1. The van der Waals surface area contributed by atoms with Crippen LogP contribution in [-0.4, -0.2) is 24.9 Å². The van der Waals surface area contributed by atoms with E-state index in [0.29, 0.717) is 30.3 Å². The highest BCUT2D eigenvalue weighted by atomic mass is 19.4. The lowest BCUT2D eigenvalue weighted by atomic mass is 10.0. The first-order valence-electron chi connectivity index (χ1n) is 8.73. The van der Waals surface area contributed by atoms with E-state index in [4.69, 9.17) is 9.47 Å². The van der Waals surface area contributed by atoms with E-state index in [0.717, 1.165) is 12.1 Å². The average Bonchev–Trinajstić information content (AvgIpc) is 2.67. The molecule has 0 bridgehead atoms. The first kappa shape index (κ1) is 19.7. The van der Waals surface area contributed by atoms with Gasteiger partial charge in [0.1, 0.15) is 13.2 Å². The lowest BCUT2D eigenvalue weighted by molar-refractivity contribution is -0.137. The summed E-state index contributed by atoms with van der Waals surface area (Å²) in [7, 11) is 0. The van der Waals surface area contributed by atoms with E-state index < -0.39 is 17.6 Å². The molecule has 1 heterocycles. The van der Waals surface area contributed by atoms with Gasteiger partial charge >= 0.3 is 6.18 Å². The number of anilines is 1. The third kappa shape index (κ3) is 5.03. The molecule has 8 heteroatoms. The first-order chi connectivity index (χ1) is 13.3. The molecule has 0 saturated heterocycles. The molecule has 2 aromatic rings. The fourth-order valence-electron chi connectivity index (χ4n) is 2.77. The molecule has 0 spiro atoms. The standard InChI is InChI=1S/C20H18F3NO4/c21-20(22,23)14-3-1-4-15(12-14)24-19(26)6-2-5-16(25)13-7-8-17-18(11-13)28-10-9-27-17/h1,3-4,7-8,11-12H,2,5-6,9-10H2,(H,24,26). The molecular formula is C20H18F3NO4. The van der Waals surface area contributed by atoms with Crippen molar-refractivity contribution >= 4 is 17.4 Å². The van der Waals surface area contributed by atoms with Gasteiger partial charge in [0.05, 0.1) is 5.56 Å². The van der Waals surface area contributed by atoms with Crippen molar-refractivity contribution in [2.75, 3.05) is 18.5 Å². The molecule has 1 N–H and O–H groups in total. The normalized spacial score (nSPS) is 13.1. The summed E-state index contributed by atoms with van der Waals surface area (Å²) < 4.78 is 48.9. The van der Waals surface area contributed by atoms with Crippen molar-refractivity contribution in [2.45, 2.75) is 25.4 Å². The van der Waals surface area contributed by atoms with Crippen LogP contribution >= 0.6 is 0 Å². The molecule has 3 rings (SSSR count). The van der Waals surface area contributed by atoms with Crippen LogP contribution in [0.5, 0.6) is 11.5 Å². The third-order valence-electron chi connectivity index (χ3n) is 4.15. The van der Waals surface area contributed by atoms with Crippen molar-refractivity contribution in [2.24, 2.45) is 0 Å². The van der Waals surface area contributed by atoms with Crippen molar-refractivity contribution in [3.63, 3.8) is 0 Å². The van der Waals surface area contributed by atoms with Crippen molar-refractivity contribution in [3.8, 4) is 11.5 Å². The molecule has 0 fully saturated rings. The number of hydrogen-bond donors (Lipinski definition) is 1. The van der Waals surface area contributed by atoms with E-state index in [1.807, 2.05) is 0 Å². The lowest BCUT2D eigenvalue weighted by Gasteiger charge is -2.18. The van der Waals surface area contributed by atoms with Crippen LogP contribution in [0.25, 0.3) is 0 Å². The van der Waals surface area contributed by atoms with Gasteiger partial charge in [0.25, 0.3) is 0 Å². The van der Waals surface area contributed by atoms with Gasteiger partial charge in [-0.1, -0.05) is 6.07 Å². The fourth-order valence-corrected chi connectivity index (χ4v) is 2.77. The van der Waals surface area contributed by atoms with Gasteiger partial charge in [-0.15, -0.1) is 0 Å². The smallest absolute Gasteiger partial charge is 0.416 e. The SMILES string of the molecule is O=C(CCCC(=O)c1ccc2c(c1)OCCO2)Nc1cccc(C(F)(F)F)c1. The molecule has 0 aromatic heterocycles. The molecular weight excluding hydrogens is 375 g/mol. The Hall–Kier alpha value is -3.03. The van der Waals surface area contributed by atoms with Crippen LogP contribution in [0.4, 0.5) is 18.9 Å². The van der Waals surface area contributed by atoms with Crippen LogP contribution in [-0.2, 0) is 11.0 Å². The van der Waals surface area contributed by atoms with Crippen molar-refractivity contribution in [3.05, 3.63) is 53.6 Å². The van der Waals surface area contributed by atoms with Crippen molar-refractivity contribution in [1.29, 1.82) is 0 Å². The van der Waals surface area contributed by atoms with Gasteiger partial charge in [-0.05, 0) is 42.8 Å². The summed E-state index contributed by atoms with van der Waals surface area (Å²) in [5, 5.41) is 2.42. The topological polar surface area (TPSA) is 64.6 Å². The third-order valence-corrected chi connectivity index (χ3v) is 4.15. The molecule has 1 amide bonds. The summed E-state index contributed by atoms with van der Waals surface area (Å²) in [6.45, 7) is 0.877. The molecule has 1 aliphatic rings. The van der Waals surface area contributed by atoms with Crippen LogP contribution in [0.2, 0.25) is 0 Å². The minimum absolute atomic E-state index is 0.0204. The predicted octanol–water partition coefficient (Wildman–Crippen LogP) is 4.47. The number of rotatable bonds is 6. The largest absolute Gasteiger partial charge is 0.486 e. The molecule has 28 heavy (non-hydrogen) atoms. The van der Waals surface area contributed by atoms with Gasteiger partial charge in [-0.25, -0.2) is 0 Å². The van der Waals surface area contributed by atoms with Crippen LogP contribution in [0.1, 0.15) is 35.2 Å². The number of hydrogen-bond acceptors (Lipinski definition) is 4. The predicted molar refractivity (Wildman–Crippen MR) is 95.7 cm³/mol. The van der Waals surface area contributed by atoms with Gasteiger partial charge < -0.3 is 14.8 Å². The van der Waals surface area contributed by atoms with Crippen LogP contribution in [0, 0.1) is 0 Å². The van der Waals surface area contributed by atoms with Crippen LogP contribution < -0.4 is 14.8 Å². The Kier molecular flexibility index (Phi) is 5.87. The van der Waals surface area contributed by atoms with Gasteiger partial charge in [-0.2, -0.15) is 13.2 Å². The molecule has 0 atom stereocenters. The van der Waals surface area contributed by atoms with Crippen LogP contribution in [0.3, 0.4) is 0 Å². The van der Waals surface area contributed by atoms with E-state index in [9.17, 15) is 22.8 Å². The summed E-state index contributed by atoms with van der Waals surface area (Å²) in [5.74, 6) is 0.501. The number of carbonyl (C=O) groups excluding carboxylic acids is 2. The zero-order valence-electron chi connectivity index (χ0n) is 14.8. The lowest BCUT2D eigenvalue weighted by Crippen LogP contribution is -2.16. The van der Waals surface area contributed by atoms with E-state index in [1.165, 1.54) is 12.1 Å². The second kappa shape index (κ2) is 8.33. The molecule has 0 saturated carbocycles. The Morgan fingerprint density at radius 1 is 0.964 bits per heavy atom. The molecule has 5 nitrogen and oxygen atoms in total. The number of carbonyl (C=O) groups is 2. The Morgan fingerprint density at radius 3 is 2.46 bits per heavy atom. The maximum absolute atomic E-state index is 12.7. The van der Waals surface area contributed by atoms with Gasteiger partial charge in [0, 0.05) is 24.1 Å². The van der Waals surface area contributed by atoms with Crippen LogP contribution in [0.15, 0.2) is 42.5 Å². The summed E-state index contributed by atoms with van der Waals surface area (Å²) in [6.07, 6.45) is -4.04. The quantitative estimate of drug-likeness (QED) is 0.736. The van der Waals surface area contributed by atoms with E-state index >= 15 is 0 Å². The molecule has 2 aromatic carbocycles. The zero-order valence-corrected chi connectivity index (χ0v) is 14.8. The number of halogens is 3. The Bertz CT molecular complexity index is 880. The maximum Gasteiger partial charge on any atom is 0.416 e. The number of alkyl halides is 3. The highest BCUT2D eigenvalue weighted by Gasteiger charge is 2.30. The minimum atomic E-state index is -4.48. The number of fused-ring (bicyclic) bond motifs is 1. The summed E-state index contributed by atoms with van der Waals surface area (Å²) in [6, 6.07) is 9.33. The molecule has 0 radical (unpaired) electrons. The Balaban J connectivity index is 1.49. The Labute approximate surface area is 159 Å². The number of ether oxygens (including phenoxy) is 2. The average molecular weight is 393 g/mol. The van der Waals surface area contributed by atoms with E-state index in [2.05, 4.69) is 5.32 Å². The zero-order chi connectivity index (χ0) is 20.1. The second-order valence-electron chi connectivity index (χ2n) is 6.26. The Morgan fingerprint density at radius 2 is 1.71 bits per heavy atom. The molecule has 1 aliphatic heterocycles. The van der Waals surface area contributed by atoms with E-state index in [-0.39, 0.29) is 30.7 Å². The fraction of sp³-hybridized carbons (Fsp3) is 0.300. The molecule has 0 aliphatic carbocycles. The number of ketones is 1. The molecule has 148 valence electrons. The maximum atomic E-state index is 12.7. The van der Waals surface area contributed by atoms with Crippen molar-refractivity contribution in [1.82, 2.24) is 0 Å². The summed E-state index contributed by atoms with van der Waals surface area (Å²) >= 11 is 0. The highest BCUT2D eigenvalue weighted by Crippen LogP contribution is 2.32. The van der Waals surface area contributed by atoms with E-state index in [1.54, 1.807) is 18.2 Å². The van der Waals surface area contributed by atoms with Gasteiger partial charge in [0.2, 0.25) is 5.91 Å². The number of Topliss-reactive ketones (excluding diaryl/α,β-unsaturated/α-hetero) is 1. The highest BCUT2D eigenvalue weighted by molar-refractivity contribution is 5.97. The number of benzene rings is 2. The summed E-state index contributed by atoms with van der Waals surface area (Å²) in [4.78, 5) is 24.2. The summed E-state index contributed by atoms with van der Waals surface area (Å²) in [5.41, 5.74) is -0.306. The van der Waals surface area contributed by atoms with Gasteiger partial charge in [0.15, 0.2) is 17.3 Å².